The Balaban J connectivity index is 2.11. The number of anilines is 1. The summed E-state index contributed by atoms with van der Waals surface area (Å²) in [5.41, 5.74) is 1.74. The van der Waals surface area contributed by atoms with Crippen LogP contribution in [0.4, 0.5) is 10.3 Å². The summed E-state index contributed by atoms with van der Waals surface area (Å²) < 4.78 is 13.5. The molecule has 1 aromatic heterocycles. The van der Waals surface area contributed by atoms with E-state index in [0.717, 1.165) is 12.0 Å². The van der Waals surface area contributed by atoms with Crippen LogP contribution in [-0.4, -0.2) is 17.0 Å². The summed E-state index contributed by atoms with van der Waals surface area (Å²) >= 11 is 0. The van der Waals surface area contributed by atoms with E-state index in [1.165, 1.54) is 6.07 Å². The van der Waals surface area contributed by atoms with E-state index in [4.69, 9.17) is 0 Å². The molecule has 3 nitrogen and oxygen atoms in total. The van der Waals surface area contributed by atoms with E-state index in [-0.39, 0.29) is 5.82 Å². The Hall–Kier alpha value is -1.97. The van der Waals surface area contributed by atoms with Gasteiger partial charge in [0.05, 0.1) is 0 Å². The first-order valence-corrected chi connectivity index (χ1v) is 5.96. The average molecular weight is 245 g/mol. The molecule has 0 aliphatic carbocycles. The standard InChI is InChI=1S/C14H16FN3/c1-3-11-8-16-14(17-9-11)18(2)10-12-6-4-5-7-13(12)15/h4-9H,3,10H2,1-2H3. The van der Waals surface area contributed by atoms with Crippen molar-refractivity contribution in [3.63, 3.8) is 0 Å². The number of benzene rings is 1. The number of halogens is 1. The molecular weight excluding hydrogens is 229 g/mol. The van der Waals surface area contributed by atoms with Gasteiger partial charge >= 0.3 is 0 Å². The molecule has 18 heavy (non-hydrogen) atoms. The van der Waals surface area contributed by atoms with Crippen molar-refractivity contribution in [2.24, 2.45) is 0 Å². The van der Waals surface area contributed by atoms with Crippen molar-refractivity contribution in [1.82, 2.24) is 9.97 Å². The summed E-state index contributed by atoms with van der Waals surface area (Å²) in [7, 11) is 1.85. The van der Waals surface area contributed by atoms with E-state index in [0.29, 0.717) is 18.1 Å². The number of aryl methyl sites for hydroxylation is 1. The molecule has 94 valence electrons. The lowest BCUT2D eigenvalue weighted by molar-refractivity contribution is 0.607. The minimum absolute atomic E-state index is 0.200. The lowest BCUT2D eigenvalue weighted by Gasteiger charge is -2.17. The molecule has 0 bridgehead atoms. The largest absolute Gasteiger partial charge is 0.339 e. The third kappa shape index (κ3) is 2.83. The highest BCUT2D eigenvalue weighted by Crippen LogP contribution is 2.13. The van der Waals surface area contributed by atoms with Crippen LogP contribution in [0.3, 0.4) is 0 Å². The van der Waals surface area contributed by atoms with Gasteiger partial charge in [-0.1, -0.05) is 25.1 Å². The Labute approximate surface area is 106 Å². The fourth-order valence-electron chi connectivity index (χ4n) is 1.68. The van der Waals surface area contributed by atoms with Gasteiger partial charge in [0, 0.05) is 31.5 Å². The molecule has 1 aromatic carbocycles. The van der Waals surface area contributed by atoms with Gasteiger partial charge in [-0.15, -0.1) is 0 Å². The molecule has 0 amide bonds. The lowest BCUT2D eigenvalue weighted by Crippen LogP contribution is -2.19. The van der Waals surface area contributed by atoms with Gasteiger partial charge in [0.2, 0.25) is 5.95 Å². The Morgan fingerprint density at radius 2 is 1.83 bits per heavy atom. The molecule has 1 heterocycles. The van der Waals surface area contributed by atoms with Crippen LogP contribution >= 0.6 is 0 Å². The summed E-state index contributed by atoms with van der Waals surface area (Å²) in [6.45, 7) is 2.51. The zero-order valence-corrected chi connectivity index (χ0v) is 10.6. The van der Waals surface area contributed by atoms with Gasteiger partial charge in [-0.25, -0.2) is 14.4 Å². The predicted molar refractivity (Wildman–Crippen MR) is 69.9 cm³/mol. The van der Waals surface area contributed by atoms with E-state index in [9.17, 15) is 4.39 Å². The maximum absolute atomic E-state index is 13.5. The maximum atomic E-state index is 13.5. The highest BCUT2D eigenvalue weighted by atomic mass is 19.1. The Kier molecular flexibility index (Phi) is 3.87. The Morgan fingerprint density at radius 1 is 1.17 bits per heavy atom. The highest BCUT2D eigenvalue weighted by molar-refractivity contribution is 5.31. The van der Waals surface area contributed by atoms with Crippen molar-refractivity contribution in [2.75, 3.05) is 11.9 Å². The van der Waals surface area contributed by atoms with Crippen molar-refractivity contribution in [1.29, 1.82) is 0 Å². The third-order valence-electron chi connectivity index (χ3n) is 2.81. The third-order valence-corrected chi connectivity index (χ3v) is 2.81. The summed E-state index contributed by atoms with van der Waals surface area (Å²) in [6, 6.07) is 6.75. The molecule has 0 aliphatic rings. The average Bonchev–Trinajstić information content (AvgIpc) is 2.41. The van der Waals surface area contributed by atoms with Crippen molar-refractivity contribution < 1.29 is 4.39 Å². The van der Waals surface area contributed by atoms with Gasteiger partial charge in [0.1, 0.15) is 5.82 Å². The molecule has 0 unspecified atom stereocenters. The second-order valence-electron chi connectivity index (χ2n) is 4.19. The van der Waals surface area contributed by atoms with Crippen LogP contribution in [0.15, 0.2) is 36.7 Å². The zero-order chi connectivity index (χ0) is 13.0. The molecular formula is C14H16FN3. The minimum atomic E-state index is -0.200. The summed E-state index contributed by atoms with van der Waals surface area (Å²) in [5, 5.41) is 0. The van der Waals surface area contributed by atoms with Crippen molar-refractivity contribution >= 4 is 5.95 Å². The fourth-order valence-corrected chi connectivity index (χ4v) is 1.68. The van der Waals surface area contributed by atoms with Crippen LogP contribution in [0.1, 0.15) is 18.1 Å². The molecule has 2 aromatic rings. The van der Waals surface area contributed by atoms with Gasteiger partial charge in [-0.2, -0.15) is 0 Å². The molecule has 0 N–H and O–H groups in total. The van der Waals surface area contributed by atoms with Crippen LogP contribution in [0.5, 0.6) is 0 Å². The van der Waals surface area contributed by atoms with Crippen molar-refractivity contribution in [3.05, 3.63) is 53.6 Å². The first kappa shape index (κ1) is 12.5. The second kappa shape index (κ2) is 5.58. The van der Waals surface area contributed by atoms with E-state index < -0.39 is 0 Å². The van der Waals surface area contributed by atoms with Crippen LogP contribution < -0.4 is 4.90 Å². The normalized spacial score (nSPS) is 10.4. The fraction of sp³-hybridized carbons (Fsp3) is 0.286. The summed E-state index contributed by atoms with van der Waals surface area (Å²) in [4.78, 5) is 10.4. The number of hydrogen-bond donors (Lipinski definition) is 0. The van der Waals surface area contributed by atoms with E-state index >= 15 is 0 Å². The van der Waals surface area contributed by atoms with Gasteiger partial charge in [0.15, 0.2) is 0 Å². The first-order valence-electron chi connectivity index (χ1n) is 5.96. The van der Waals surface area contributed by atoms with Gasteiger partial charge < -0.3 is 4.90 Å². The van der Waals surface area contributed by atoms with Crippen LogP contribution in [0.2, 0.25) is 0 Å². The molecule has 2 rings (SSSR count). The summed E-state index contributed by atoms with van der Waals surface area (Å²) in [6.07, 6.45) is 4.53. The Bertz CT molecular complexity index is 511. The first-order chi connectivity index (χ1) is 8.70. The minimum Gasteiger partial charge on any atom is -0.339 e. The molecule has 0 atom stereocenters. The lowest BCUT2D eigenvalue weighted by atomic mass is 10.2. The van der Waals surface area contributed by atoms with Gasteiger partial charge in [-0.05, 0) is 18.1 Å². The molecule has 0 fully saturated rings. The maximum Gasteiger partial charge on any atom is 0.225 e. The SMILES string of the molecule is CCc1cnc(N(C)Cc2ccccc2F)nc1. The quantitative estimate of drug-likeness (QED) is 0.829. The van der Waals surface area contributed by atoms with Crippen molar-refractivity contribution in [2.45, 2.75) is 19.9 Å². The summed E-state index contributed by atoms with van der Waals surface area (Å²) in [5.74, 6) is 0.407. The number of hydrogen-bond acceptors (Lipinski definition) is 3. The number of aromatic nitrogens is 2. The second-order valence-corrected chi connectivity index (χ2v) is 4.19. The molecule has 0 saturated carbocycles. The van der Waals surface area contributed by atoms with E-state index in [2.05, 4.69) is 16.9 Å². The predicted octanol–water partition coefficient (Wildman–Crippen LogP) is 2.81. The smallest absolute Gasteiger partial charge is 0.225 e. The van der Waals surface area contributed by atoms with Crippen LogP contribution in [0.25, 0.3) is 0 Å². The Morgan fingerprint density at radius 3 is 2.44 bits per heavy atom. The van der Waals surface area contributed by atoms with Gasteiger partial charge in [-0.3, -0.25) is 0 Å². The van der Waals surface area contributed by atoms with Crippen LogP contribution in [-0.2, 0) is 13.0 Å². The van der Waals surface area contributed by atoms with E-state index in [1.54, 1.807) is 24.5 Å². The molecule has 4 heteroatoms. The molecule has 0 saturated heterocycles. The molecule has 0 radical (unpaired) electrons. The zero-order valence-electron chi connectivity index (χ0n) is 10.6. The van der Waals surface area contributed by atoms with Crippen LogP contribution in [0, 0.1) is 5.82 Å². The molecule has 0 aliphatic heterocycles. The highest BCUT2D eigenvalue weighted by Gasteiger charge is 2.07. The van der Waals surface area contributed by atoms with Crippen molar-refractivity contribution in [3.8, 4) is 0 Å². The monoisotopic (exact) mass is 245 g/mol. The topological polar surface area (TPSA) is 29.0 Å². The number of nitrogens with zero attached hydrogens (tertiary/aromatic N) is 3. The van der Waals surface area contributed by atoms with Gasteiger partial charge in [0.25, 0.3) is 0 Å². The number of rotatable bonds is 4. The van der Waals surface area contributed by atoms with E-state index in [1.807, 2.05) is 18.0 Å². The molecule has 0 spiro atoms.